The predicted molar refractivity (Wildman–Crippen MR) is 76.6 cm³/mol. The van der Waals surface area contributed by atoms with E-state index < -0.39 is 6.04 Å². The van der Waals surface area contributed by atoms with Gasteiger partial charge in [0.25, 0.3) is 0 Å². The minimum absolute atomic E-state index is 0.0568. The second-order valence-corrected chi connectivity index (χ2v) is 5.90. The van der Waals surface area contributed by atoms with E-state index in [1.54, 1.807) is 0 Å². The Bertz CT molecular complexity index is 397. The lowest BCUT2D eigenvalue weighted by molar-refractivity contribution is -0.132. The number of nitrogens with two attached hydrogens (primary N) is 1. The Balaban J connectivity index is 2.05. The summed E-state index contributed by atoms with van der Waals surface area (Å²) in [6, 6.07) is 7.38. The number of aryl methyl sites for hydroxylation is 1. The first-order valence-corrected chi connectivity index (χ1v) is 7.52. The van der Waals surface area contributed by atoms with E-state index in [2.05, 4.69) is 0 Å². The molecule has 2 N–H and O–H groups in total. The predicted octanol–water partition coefficient (Wildman–Crippen LogP) is 1.96. The molecule has 0 aliphatic carbocycles. The highest BCUT2D eigenvalue weighted by atomic mass is 32.2. The topological polar surface area (TPSA) is 46.3 Å². The van der Waals surface area contributed by atoms with Crippen LogP contribution in [0.1, 0.15) is 23.6 Å². The zero-order chi connectivity index (χ0) is 13.0. The molecule has 0 saturated carbocycles. The molecule has 18 heavy (non-hydrogen) atoms. The Morgan fingerprint density at radius 2 is 2.00 bits per heavy atom. The maximum Gasteiger partial charge on any atom is 0.244 e. The molecule has 2 rings (SSSR count). The lowest BCUT2D eigenvalue weighted by atomic mass is 10.0. The summed E-state index contributed by atoms with van der Waals surface area (Å²) < 4.78 is 0. The summed E-state index contributed by atoms with van der Waals surface area (Å²) in [5.74, 6) is 2.22. The van der Waals surface area contributed by atoms with E-state index in [1.807, 2.05) is 47.9 Å². The average molecular weight is 264 g/mol. The van der Waals surface area contributed by atoms with E-state index in [0.717, 1.165) is 36.6 Å². The van der Waals surface area contributed by atoms with Crippen molar-refractivity contribution in [3.63, 3.8) is 0 Å². The van der Waals surface area contributed by atoms with Crippen molar-refractivity contribution >= 4 is 17.7 Å². The molecule has 0 spiro atoms. The SMILES string of the molecule is Cc1ccc(C(N)C(=O)N2CCCSCC2)cc1. The minimum atomic E-state index is -0.520. The molecule has 1 fully saturated rings. The van der Waals surface area contributed by atoms with Gasteiger partial charge in [-0.15, -0.1) is 0 Å². The van der Waals surface area contributed by atoms with E-state index in [4.69, 9.17) is 5.73 Å². The third-order valence-electron chi connectivity index (χ3n) is 3.24. The fourth-order valence-corrected chi connectivity index (χ4v) is 2.97. The zero-order valence-electron chi connectivity index (χ0n) is 10.8. The average Bonchev–Trinajstić information content (AvgIpc) is 2.67. The van der Waals surface area contributed by atoms with Crippen LogP contribution in [0.3, 0.4) is 0 Å². The molecular formula is C14H20N2OS. The van der Waals surface area contributed by atoms with E-state index in [1.165, 1.54) is 5.56 Å². The smallest absolute Gasteiger partial charge is 0.244 e. The third-order valence-corrected chi connectivity index (χ3v) is 4.29. The molecule has 1 aliphatic heterocycles. The number of carbonyl (C=O) groups excluding carboxylic acids is 1. The molecule has 0 radical (unpaired) electrons. The Hall–Kier alpha value is -1.00. The molecule has 1 atom stereocenters. The maximum absolute atomic E-state index is 12.3. The number of benzene rings is 1. The van der Waals surface area contributed by atoms with Crippen LogP contribution in [0.25, 0.3) is 0 Å². The fourth-order valence-electron chi connectivity index (χ4n) is 2.08. The summed E-state index contributed by atoms with van der Waals surface area (Å²) in [5.41, 5.74) is 8.16. The second-order valence-electron chi connectivity index (χ2n) is 4.68. The number of nitrogens with zero attached hydrogens (tertiary/aromatic N) is 1. The van der Waals surface area contributed by atoms with Crippen molar-refractivity contribution < 1.29 is 4.79 Å². The second kappa shape index (κ2) is 6.25. The largest absolute Gasteiger partial charge is 0.340 e. The van der Waals surface area contributed by atoms with Crippen LogP contribution in [0, 0.1) is 6.92 Å². The summed E-state index contributed by atoms with van der Waals surface area (Å²) >= 11 is 1.91. The van der Waals surface area contributed by atoms with Crippen molar-refractivity contribution in [2.75, 3.05) is 24.6 Å². The normalized spacial score (nSPS) is 18.2. The number of hydrogen-bond acceptors (Lipinski definition) is 3. The number of rotatable bonds is 2. The molecule has 4 heteroatoms. The Morgan fingerprint density at radius 3 is 2.72 bits per heavy atom. The van der Waals surface area contributed by atoms with Gasteiger partial charge in [-0.05, 0) is 24.7 Å². The number of hydrogen-bond donors (Lipinski definition) is 1. The maximum atomic E-state index is 12.3. The highest BCUT2D eigenvalue weighted by Crippen LogP contribution is 2.17. The van der Waals surface area contributed by atoms with Gasteiger partial charge in [-0.25, -0.2) is 0 Å². The monoisotopic (exact) mass is 264 g/mol. The van der Waals surface area contributed by atoms with Crippen molar-refractivity contribution in [3.8, 4) is 0 Å². The van der Waals surface area contributed by atoms with Crippen molar-refractivity contribution in [1.29, 1.82) is 0 Å². The molecule has 0 bridgehead atoms. The van der Waals surface area contributed by atoms with Crippen LogP contribution in [0.15, 0.2) is 24.3 Å². The first-order valence-electron chi connectivity index (χ1n) is 6.37. The number of carbonyl (C=O) groups is 1. The van der Waals surface area contributed by atoms with Gasteiger partial charge in [0.1, 0.15) is 6.04 Å². The van der Waals surface area contributed by atoms with Crippen LogP contribution in [0.4, 0.5) is 0 Å². The Labute approximate surface area is 113 Å². The van der Waals surface area contributed by atoms with E-state index >= 15 is 0 Å². The Morgan fingerprint density at radius 1 is 1.28 bits per heavy atom. The molecule has 1 aliphatic rings. The standard InChI is InChI=1S/C14H20N2OS/c1-11-3-5-12(6-4-11)13(15)14(17)16-7-2-9-18-10-8-16/h3-6,13H,2,7-10,15H2,1H3. The fraction of sp³-hybridized carbons (Fsp3) is 0.500. The molecule has 1 aromatic carbocycles. The van der Waals surface area contributed by atoms with Crippen LogP contribution < -0.4 is 5.73 Å². The van der Waals surface area contributed by atoms with Crippen LogP contribution in [0.5, 0.6) is 0 Å². The third kappa shape index (κ3) is 3.27. The lowest BCUT2D eigenvalue weighted by Crippen LogP contribution is -2.39. The van der Waals surface area contributed by atoms with Gasteiger partial charge in [0.15, 0.2) is 0 Å². The molecule has 98 valence electrons. The summed E-state index contributed by atoms with van der Waals surface area (Å²) in [6.07, 6.45) is 1.07. The van der Waals surface area contributed by atoms with Gasteiger partial charge >= 0.3 is 0 Å². The highest BCUT2D eigenvalue weighted by Gasteiger charge is 2.22. The van der Waals surface area contributed by atoms with Crippen LogP contribution in [0.2, 0.25) is 0 Å². The first-order chi connectivity index (χ1) is 8.68. The lowest BCUT2D eigenvalue weighted by Gasteiger charge is -2.24. The summed E-state index contributed by atoms with van der Waals surface area (Å²) in [4.78, 5) is 14.2. The van der Waals surface area contributed by atoms with Gasteiger partial charge in [0, 0.05) is 18.8 Å². The van der Waals surface area contributed by atoms with Gasteiger partial charge in [0.2, 0.25) is 5.91 Å². The van der Waals surface area contributed by atoms with Crippen molar-refractivity contribution in [1.82, 2.24) is 4.90 Å². The van der Waals surface area contributed by atoms with Gasteiger partial charge in [-0.2, -0.15) is 11.8 Å². The molecule has 3 nitrogen and oxygen atoms in total. The van der Waals surface area contributed by atoms with Gasteiger partial charge in [0.05, 0.1) is 0 Å². The quantitative estimate of drug-likeness (QED) is 0.888. The molecule has 1 saturated heterocycles. The molecular weight excluding hydrogens is 244 g/mol. The van der Waals surface area contributed by atoms with Gasteiger partial charge < -0.3 is 10.6 Å². The van der Waals surface area contributed by atoms with Crippen molar-refractivity contribution in [3.05, 3.63) is 35.4 Å². The summed E-state index contributed by atoms with van der Waals surface area (Å²) in [6.45, 7) is 3.69. The molecule has 1 amide bonds. The summed E-state index contributed by atoms with van der Waals surface area (Å²) in [5, 5.41) is 0. The zero-order valence-corrected chi connectivity index (χ0v) is 11.6. The van der Waals surface area contributed by atoms with E-state index in [0.29, 0.717) is 0 Å². The van der Waals surface area contributed by atoms with Gasteiger partial charge in [-0.3, -0.25) is 4.79 Å². The van der Waals surface area contributed by atoms with Crippen molar-refractivity contribution in [2.24, 2.45) is 5.73 Å². The Kier molecular flexibility index (Phi) is 4.66. The van der Waals surface area contributed by atoms with Crippen LogP contribution in [-0.2, 0) is 4.79 Å². The number of amides is 1. The molecule has 1 unspecified atom stereocenters. The van der Waals surface area contributed by atoms with E-state index in [9.17, 15) is 4.79 Å². The molecule has 0 aromatic heterocycles. The summed E-state index contributed by atoms with van der Waals surface area (Å²) in [7, 11) is 0. The van der Waals surface area contributed by atoms with Gasteiger partial charge in [-0.1, -0.05) is 29.8 Å². The molecule has 1 aromatic rings. The van der Waals surface area contributed by atoms with Crippen LogP contribution in [-0.4, -0.2) is 35.4 Å². The number of thioether (sulfide) groups is 1. The highest BCUT2D eigenvalue weighted by molar-refractivity contribution is 7.99. The molecule has 1 heterocycles. The first kappa shape index (κ1) is 13.4. The minimum Gasteiger partial charge on any atom is -0.340 e. The van der Waals surface area contributed by atoms with Crippen molar-refractivity contribution in [2.45, 2.75) is 19.4 Å². The van der Waals surface area contributed by atoms with Crippen LogP contribution >= 0.6 is 11.8 Å². The van der Waals surface area contributed by atoms with E-state index in [-0.39, 0.29) is 5.91 Å².